The van der Waals surface area contributed by atoms with Crippen LogP contribution >= 0.6 is 29.3 Å². The van der Waals surface area contributed by atoms with Gasteiger partial charge < -0.3 is 4.52 Å². The van der Waals surface area contributed by atoms with Gasteiger partial charge in [-0.2, -0.15) is 0 Å². The highest BCUT2D eigenvalue weighted by Crippen LogP contribution is 2.63. The highest BCUT2D eigenvalue weighted by Gasteiger charge is 2.13. The van der Waals surface area contributed by atoms with Crippen molar-refractivity contribution < 1.29 is 4.52 Å². The number of hydrogen-bond acceptors (Lipinski definition) is 4. The highest BCUT2D eigenvalue weighted by atomic mass is 33.1. The molecule has 0 N–H and O–H groups in total. The van der Waals surface area contributed by atoms with Crippen LogP contribution in [0.15, 0.2) is 4.99 Å². The summed E-state index contributed by atoms with van der Waals surface area (Å²) in [7, 11) is 1.78. The Kier molecular flexibility index (Phi) is 6.49. The zero-order chi connectivity index (χ0) is 8.65. The van der Waals surface area contributed by atoms with Gasteiger partial charge in [-0.1, -0.05) is 22.8 Å². The van der Waals surface area contributed by atoms with E-state index in [0.717, 1.165) is 0 Å². The molecule has 0 saturated carbocycles. The summed E-state index contributed by atoms with van der Waals surface area (Å²) in [6.07, 6.45) is 4.53. The summed E-state index contributed by atoms with van der Waals surface area (Å²) in [6, 6.07) is 0. The van der Waals surface area contributed by atoms with E-state index in [9.17, 15) is 0 Å². The summed E-state index contributed by atoms with van der Waals surface area (Å²) in [5, 5.41) is 0. The smallest absolute Gasteiger partial charge is 0.152 e. The van der Waals surface area contributed by atoms with Crippen molar-refractivity contribution in [1.82, 2.24) is 0 Å². The van der Waals surface area contributed by atoms with Gasteiger partial charge in [-0.3, -0.25) is 4.99 Å². The van der Waals surface area contributed by atoms with E-state index in [2.05, 4.69) is 4.99 Å². The van der Waals surface area contributed by atoms with E-state index in [1.165, 1.54) is 24.3 Å². The van der Waals surface area contributed by atoms with E-state index in [1.54, 1.807) is 7.05 Å². The fourth-order valence-electron chi connectivity index (χ4n) is 0.763. The minimum Gasteiger partial charge on any atom is -0.333 e. The van der Waals surface area contributed by atoms with Crippen LogP contribution in [0.4, 0.5) is 0 Å². The first-order chi connectivity index (χ1) is 5.93. The Balaban J connectivity index is 2.11. The third-order valence-corrected chi connectivity index (χ3v) is 7.98. The largest absolute Gasteiger partial charge is 0.333 e. The van der Waals surface area contributed by atoms with Crippen LogP contribution in [0.25, 0.3) is 0 Å². The van der Waals surface area contributed by atoms with E-state index in [1.807, 2.05) is 29.0 Å². The number of rotatable bonds is 3. The van der Waals surface area contributed by atoms with Gasteiger partial charge in [0.05, 0.1) is 6.61 Å². The van der Waals surface area contributed by atoms with Crippen molar-refractivity contribution in [1.29, 1.82) is 0 Å². The first-order valence-corrected chi connectivity index (χ1v) is 8.47. The lowest BCUT2D eigenvalue weighted by molar-refractivity contribution is 0.442. The zero-order valence-electron chi connectivity index (χ0n) is 7.23. The molecule has 0 bridgehead atoms. The molecule has 1 saturated heterocycles. The van der Waals surface area contributed by atoms with Crippen molar-refractivity contribution in [2.45, 2.75) is 12.8 Å². The van der Waals surface area contributed by atoms with Crippen LogP contribution in [0.2, 0.25) is 0 Å². The first-order valence-electron chi connectivity index (χ1n) is 4.03. The van der Waals surface area contributed by atoms with Gasteiger partial charge in [0, 0.05) is 24.8 Å². The predicted octanol–water partition coefficient (Wildman–Crippen LogP) is 3.19. The molecule has 1 aliphatic rings. The Labute approximate surface area is 83.3 Å². The molecule has 1 rings (SSSR count). The molecule has 1 heterocycles. The first kappa shape index (κ1) is 10.8. The number of aliphatic imine (C=N–C) groups is 1. The summed E-state index contributed by atoms with van der Waals surface area (Å²) in [4.78, 5) is 3.89. The molecule has 0 radical (unpaired) electrons. The molecule has 0 aromatic heterocycles. The number of hydrogen-bond donors (Lipinski definition) is 0. The van der Waals surface area contributed by atoms with Crippen LogP contribution < -0.4 is 0 Å². The highest BCUT2D eigenvalue weighted by molar-refractivity contribution is 8.86. The van der Waals surface area contributed by atoms with Gasteiger partial charge in [-0.15, -0.1) is 0 Å². The zero-order valence-corrected chi connectivity index (χ0v) is 9.76. The lowest BCUT2D eigenvalue weighted by atomic mass is 10.4. The second-order valence-corrected chi connectivity index (χ2v) is 8.60. The Morgan fingerprint density at radius 2 is 2.08 bits per heavy atom. The van der Waals surface area contributed by atoms with Gasteiger partial charge in [-0.05, 0) is 12.8 Å². The van der Waals surface area contributed by atoms with Crippen LogP contribution in [0, 0.1) is 0 Å². The molecule has 0 amide bonds. The summed E-state index contributed by atoms with van der Waals surface area (Å²) < 4.78 is 5.64. The molecule has 0 atom stereocenters. The summed E-state index contributed by atoms with van der Waals surface area (Å²) in [5.41, 5.74) is 0. The monoisotopic (exact) mass is 223 g/mol. The molecule has 5 heteroatoms. The van der Waals surface area contributed by atoms with Gasteiger partial charge in [-0.25, -0.2) is 0 Å². The van der Waals surface area contributed by atoms with Gasteiger partial charge in [0.15, 0.2) is 6.55 Å². The molecular weight excluding hydrogens is 209 g/mol. The second kappa shape index (κ2) is 7.19. The molecule has 1 fully saturated rings. The van der Waals surface area contributed by atoms with Crippen molar-refractivity contribution in [3.05, 3.63) is 0 Å². The number of nitrogens with zero attached hydrogens (tertiary/aromatic N) is 1. The quantitative estimate of drug-likeness (QED) is 0.541. The maximum Gasteiger partial charge on any atom is 0.152 e. The minimum atomic E-state index is -0.268. The molecule has 0 aliphatic carbocycles. The molecule has 0 unspecified atom stereocenters. The van der Waals surface area contributed by atoms with Crippen LogP contribution in [0.1, 0.15) is 12.8 Å². The Bertz CT molecular complexity index is 137. The SMILES string of the molecule is CN=CCOP1SCCCCS1. The Morgan fingerprint density at radius 3 is 2.67 bits per heavy atom. The van der Waals surface area contributed by atoms with Gasteiger partial charge in [0.1, 0.15) is 0 Å². The normalized spacial score (nSPS) is 21.4. The van der Waals surface area contributed by atoms with Crippen molar-refractivity contribution >= 4 is 35.5 Å². The molecule has 1 aliphatic heterocycles. The summed E-state index contributed by atoms with van der Waals surface area (Å²) in [5.74, 6) is 2.53. The van der Waals surface area contributed by atoms with Gasteiger partial charge in [0.2, 0.25) is 0 Å². The van der Waals surface area contributed by atoms with Crippen LogP contribution in [-0.2, 0) is 4.52 Å². The van der Waals surface area contributed by atoms with Gasteiger partial charge >= 0.3 is 0 Å². The lowest BCUT2D eigenvalue weighted by Crippen LogP contribution is -1.86. The van der Waals surface area contributed by atoms with E-state index >= 15 is 0 Å². The maximum absolute atomic E-state index is 5.64. The van der Waals surface area contributed by atoms with Crippen LogP contribution in [0.5, 0.6) is 0 Å². The molecule has 0 aromatic rings. The fraction of sp³-hybridized carbons (Fsp3) is 0.857. The van der Waals surface area contributed by atoms with E-state index in [0.29, 0.717) is 6.61 Å². The topological polar surface area (TPSA) is 21.6 Å². The van der Waals surface area contributed by atoms with Crippen LogP contribution in [0.3, 0.4) is 0 Å². The van der Waals surface area contributed by atoms with E-state index in [-0.39, 0.29) is 6.55 Å². The average Bonchev–Trinajstić information content (AvgIpc) is 2.33. The van der Waals surface area contributed by atoms with Gasteiger partial charge in [0.25, 0.3) is 0 Å². The summed E-state index contributed by atoms with van der Waals surface area (Å²) in [6.45, 7) is 0.415. The van der Waals surface area contributed by atoms with E-state index < -0.39 is 0 Å². The average molecular weight is 223 g/mol. The second-order valence-electron chi connectivity index (χ2n) is 2.33. The van der Waals surface area contributed by atoms with E-state index in [4.69, 9.17) is 4.52 Å². The molecule has 0 aromatic carbocycles. The van der Waals surface area contributed by atoms with Crippen molar-refractivity contribution in [3.63, 3.8) is 0 Å². The standard InChI is InChI=1S/C7H14NOPS2/c1-8-4-5-9-10-11-6-2-3-7-12-10/h4H,2-3,5-7H2,1H3. The minimum absolute atomic E-state index is 0.268. The molecule has 70 valence electrons. The Hall–Kier alpha value is 0.760. The Morgan fingerprint density at radius 1 is 1.42 bits per heavy atom. The van der Waals surface area contributed by atoms with Crippen molar-refractivity contribution in [2.75, 3.05) is 25.2 Å². The maximum atomic E-state index is 5.64. The van der Waals surface area contributed by atoms with Crippen molar-refractivity contribution in [3.8, 4) is 0 Å². The third-order valence-electron chi connectivity index (χ3n) is 1.37. The predicted molar refractivity (Wildman–Crippen MR) is 61.4 cm³/mol. The van der Waals surface area contributed by atoms with Crippen molar-refractivity contribution in [2.24, 2.45) is 4.99 Å². The summed E-state index contributed by atoms with van der Waals surface area (Å²) >= 11 is 3.96. The molecule has 12 heavy (non-hydrogen) atoms. The lowest BCUT2D eigenvalue weighted by Gasteiger charge is -2.10. The third kappa shape index (κ3) is 4.70. The fourth-order valence-corrected chi connectivity index (χ4v) is 6.86. The van der Waals surface area contributed by atoms with Crippen LogP contribution in [-0.4, -0.2) is 31.4 Å². The molecular formula is C7H14NOPS2. The molecule has 0 spiro atoms. The molecule has 2 nitrogen and oxygen atoms in total.